The van der Waals surface area contributed by atoms with Crippen LogP contribution in [-0.4, -0.2) is 29.7 Å². The van der Waals surface area contributed by atoms with Gasteiger partial charge in [0.25, 0.3) is 12.3 Å². The van der Waals surface area contributed by atoms with Crippen LogP contribution in [0.15, 0.2) is 30.3 Å². The number of aryl methyl sites for hydroxylation is 2. The first kappa shape index (κ1) is 20.5. The standard InChI is InChI=1S/C20H22F2N2O3/c1-12-4-15(8-18(5-12)27-11-19(21)22)10-23-20(26)16-6-13(2)24-17(9-16)7-14(3)25/h4-6,8-9,19H,7,10-11H2,1-3H3,(H,23,26). The number of alkyl halides is 2. The first-order valence-corrected chi connectivity index (χ1v) is 8.49. The van der Waals surface area contributed by atoms with Gasteiger partial charge in [-0.25, -0.2) is 8.78 Å². The van der Waals surface area contributed by atoms with E-state index in [2.05, 4.69) is 10.3 Å². The Balaban J connectivity index is 2.07. The van der Waals surface area contributed by atoms with E-state index in [1.165, 1.54) is 6.92 Å². The highest BCUT2D eigenvalue weighted by atomic mass is 19.3. The minimum atomic E-state index is -2.55. The summed E-state index contributed by atoms with van der Waals surface area (Å²) in [6.45, 7) is 4.59. The minimum Gasteiger partial charge on any atom is -0.488 e. The Labute approximate surface area is 156 Å². The van der Waals surface area contributed by atoms with E-state index in [4.69, 9.17) is 4.74 Å². The first-order chi connectivity index (χ1) is 12.7. The summed E-state index contributed by atoms with van der Waals surface area (Å²) in [7, 11) is 0. The van der Waals surface area contributed by atoms with Crippen molar-refractivity contribution in [3.63, 3.8) is 0 Å². The number of hydrogen-bond acceptors (Lipinski definition) is 4. The summed E-state index contributed by atoms with van der Waals surface area (Å²) >= 11 is 0. The summed E-state index contributed by atoms with van der Waals surface area (Å²) in [4.78, 5) is 28.0. The molecule has 0 aliphatic heterocycles. The number of pyridine rings is 1. The SMILES string of the molecule is CC(=O)Cc1cc(C(=O)NCc2cc(C)cc(OCC(F)F)c2)cc(C)n1. The summed E-state index contributed by atoms with van der Waals surface area (Å²) < 4.78 is 29.6. The topological polar surface area (TPSA) is 68.3 Å². The van der Waals surface area contributed by atoms with Gasteiger partial charge in [0.05, 0.1) is 0 Å². The van der Waals surface area contributed by atoms with E-state index in [9.17, 15) is 18.4 Å². The second-order valence-electron chi connectivity index (χ2n) is 6.41. The molecule has 144 valence electrons. The number of hydrogen-bond donors (Lipinski definition) is 1. The van der Waals surface area contributed by atoms with Crippen LogP contribution >= 0.6 is 0 Å². The number of nitrogens with zero attached hydrogens (tertiary/aromatic N) is 1. The lowest BCUT2D eigenvalue weighted by Gasteiger charge is -2.11. The number of aromatic nitrogens is 1. The van der Waals surface area contributed by atoms with Crippen molar-refractivity contribution in [3.05, 3.63) is 58.4 Å². The third-order valence-electron chi connectivity index (χ3n) is 3.64. The van der Waals surface area contributed by atoms with Gasteiger partial charge in [0.15, 0.2) is 0 Å². The maximum Gasteiger partial charge on any atom is 0.272 e. The molecule has 0 atom stereocenters. The van der Waals surface area contributed by atoms with E-state index in [1.54, 1.807) is 31.2 Å². The second kappa shape index (κ2) is 9.21. The number of amides is 1. The molecule has 1 aromatic heterocycles. The third-order valence-corrected chi connectivity index (χ3v) is 3.64. The van der Waals surface area contributed by atoms with Gasteiger partial charge in [-0.05, 0) is 56.2 Å². The normalized spacial score (nSPS) is 10.7. The van der Waals surface area contributed by atoms with Gasteiger partial charge >= 0.3 is 0 Å². The Morgan fingerprint density at radius 2 is 1.89 bits per heavy atom. The van der Waals surface area contributed by atoms with Gasteiger partial charge in [-0.2, -0.15) is 0 Å². The Bertz CT molecular complexity index is 838. The third kappa shape index (κ3) is 6.77. The predicted molar refractivity (Wildman–Crippen MR) is 97.2 cm³/mol. The van der Waals surface area contributed by atoms with E-state index in [-0.39, 0.29) is 24.7 Å². The molecule has 0 bridgehead atoms. The summed E-state index contributed by atoms with van der Waals surface area (Å²) in [5, 5.41) is 2.79. The van der Waals surface area contributed by atoms with Crippen molar-refractivity contribution in [2.45, 2.75) is 40.2 Å². The largest absolute Gasteiger partial charge is 0.488 e. The maximum absolute atomic E-state index is 12.4. The zero-order valence-corrected chi connectivity index (χ0v) is 15.5. The molecular weight excluding hydrogens is 354 g/mol. The number of carbonyl (C=O) groups is 2. The molecule has 0 aliphatic carbocycles. The summed E-state index contributed by atoms with van der Waals surface area (Å²) in [6.07, 6.45) is -2.38. The lowest BCUT2D eigenvalue weighted by Crippen LogP contribution is -2.23. The van der Waals surface area contributed by atoms with Crippen molar-refractivity contribution < 1.29 is 23.1 Å². The van der Waals surface area contributed by atoms with Crippen LogP contribution in [0.25, 0.3) is 0 Å². The predicted octanol–water partition coefficient (Wildman–Crippen LogP) is 3.40. The van der Waals surface area contributed by atoms with Crippen LogP contribution in [-0.2, 0) is 17.8 Å². The Hall–Kier alpha value is -2.83. The van der Waals surface area contributed by atoms with Gasteiger partial charge in [0.1, 0.15) is 18.1 Å². The van der Waals surface area contributed by atoms with Gasteiger partial charge in [0.2, 0.25) is 0 Å². The van der Waals surface area contributed by atoms with Crippen molar-refractivity contribution in [2.24, 2.45) is 0 Å². The van der Waals surface area contributed by atoms with E-state index >= 15 is 0 Å². The fourth-order valence-electron chi connectivity index (χ4n) is 2.67. The minimum absolute atomic E-state index is 0.0319. The summed E-state index contributed by atoms with van der Waals surface area (Å²) in [5.41, 5.74) is 3.19. The Kier molecular flexibility index (Phi) is 6.98. The smallest absolute Gasteiger partial charge is 0.272 e. The van der Waals surface area contributed by atoms with Crippen LogP contribution in [0.3, 0.4) is 0 Å². The van der Waals surface area contributed by atoms with Crippen LogP contribution in [0.1, 0.15) is 39.8 Å². The molecule has 5 nitrogen and oxygen atoms in total. The molecule has 0 radical (unpaired) electrons. The second-order valence-corrected chi connectivity index (χ2v) is 6.41. The molecule has 0 saturated carbocycles. The molecule has 1 amide bonds. The number of benzene rings is 1. The number of ether oxygens (including phenoxy) is 1. The van der Waals surface area contributed by atoms with Crippen molar-refractivity contribution in [2.75, 3.05) is 6.61 Å². The lowest BCUT2D eigenvalue weighted by molar-refractivity contribution is -0.116. The van der Waals surface area contributed by atoms with Gasteiger partial charge in [-0.15, -0.1) is 0 Å². The molecule has 1 heterocycles. The molecule has 7 heteroatoms. The van der Waals surface area contributed by atoms with Crippen LogP contribution < -0.4 is 10.1 Å². The molecule has 1 N–H and O–H groups in total. The molecule has 0 aliphatic rings. The number of Topliss-reactive ketones (excluding diaryl/α,β-unsaturated/α-hetero) is 1. The molecule has 1 aromatic carbocycles. The van der Waals surface area contributed by atoms with Gasteiger partial charge in [0, 0.05) is 29.9 Å². The number of ketones is 1. The number of carbonyl (C=O) groups excluding carboxylic acids is 2. The lowest BCUT2D eigenvalue weighted by atomic mass is 10.1. The van der Waals surface area contributed by atoms with E-state index in [1.807, 2.05) is 13.0 Å². The van der Waals surface area contributed by atoms with E-state index in [0.29, 0.717) is 22.7 Å². The number of nitrogens with one attached hydrogen (secondary N) is 1. The zero-order valence-electron chi connectivity index (χ0n) is 15.5. The van der Waals surface area contributed by atoms with E-state index in [0.717, 1.165) is 11.1 Å². The fraction of sp³-hybridized carbons (Fsp3) is 0.350. The molecular formula is C20H22F2N2O3. The maximum atomic E-state index is 12.4. The average molecular weight is 376 g/mol. The summed E-state index contributed by atoms with van der Waals surface area (Å²) in [5.74, 6) is 0.000418. The molecule has 2 rings (SSSR count). The van der Waals surface area contributed by atoms with Crippen molar-refractivity contribution in [3.8, 4) is 5.75 Å². The Morgan fingerprint density at radius 3 is 2.56 bits per heavy atom. The average Bonchev–Trinajstić information content (AvgIpc) is 2.56. The monoisotopic (exact) mass is 376 g/mol. The van der Waals surface area contributed by atoms with E-state index < -0.39 is 13.0 Å². The van der Waals surface area contributed by atoms with Crippen molar-refractivity contribution in [1.82, 2.24) is 10.3 Å². The van der Waals surface area contributed by atoms with Gasteiger partial charge in [-0.3, -0.25) is 14.6 Å². The first-order valence-electron chi connectivity index (χ1n) is 8.49. The highest BCUT2D eigenvalue weighted by Crippen LogP contribution is 2.18. The highest BCUT2D eigenvalue weighted by molar-refractivity contribution is 5.94. The molecule has 0 unspecified atom stereocenters. The van der Waals surface area contributed by atoms with Crippen LogP contribution in [0.2, 0.25) is 0 Å². The van der Waals surface area contributed by atoms with Crippen LogP contribution in [0.5, 0.6) is 5.75 Å². The zero-order chi connectivity index (χ0) is 20.0. The van der Waals surface area contributed by atoms with Gasteiger partial charge < -0.3 is 10.1 Å². The fourth-order valence-corrected chi connectivity index (χ4v) is 2.67. The van der Waals surface area contributed by atoms with Crippen molar-refractivity contribution in [1.29, 1.82) is 0 Å². The molecule has 2 aromatic rings. The van der Waals surface area contributed by atoms with Crippen LogP contribution in [0, 0.1) is 13.8 Å². The molecule has 27 heavy (non-hydrogen) atoms. The van der Waals surface area contributed by atoms with Crippen LogP contribution in [0.4, 0.5) is 8.78 Å². The van der Waals surface area contributed by atoms with Crippen molar-refractivity contribution >= 4 is 11.7 Å². The van der Waals surface area contributed by atoms with Gasteiger partial charge in [-0.1, -0.05) is 6.07 Å². The molecule has 0 fully saturated rings. The number of halogens is 2. The molecule has 0 saturated heterocycles. The number of rotatable bonds is 8. The quantitative estimate of drug-likeness (QED) is 0.767. The summed E-state index contributed by atoms with van der Waals surface area (Å²) in [6, 6.07) is 8.36. The Morgan fingerprint density at radius 1 is 1.15 bits per heavy atom. The highest BCUT2D eigenvalue weighted by Gasteiger charge is 2.11. The molecule has 0 spiro atoms.